The maximum atomic E-state index is 13.1. The van der Waals surface area contributed by atoms with Crippen molar-refractivity contribution in [3.05, 3.63) is 85.1 Å². The lowest BCUT2D eigenvalue weighted by Gasteiger charge is -2.25. The Morgan fingerprint density at radius 3 is 1.01 bits per heavy atom. The molecule has 0 fully saturated rings. The summed E-state index contributed by atoms with van der Waals surface area (Å²) in [6, 6.07) is -0.853. The lowest BCUT2D eigenvalue weighted by atomic mass is 10.0. The number of nitrogens with zero attached hydrogens (tertiary/aromatic N) is 1. The molecule has 0 aromatic rings. The topological polar surface area (TPSA) is 105 Å². The lowest BCUT2D eigenvalue weighted by Crippen LogP contribution is -2.45. The van der Waals surface area contributed by atoms with Gasteiger partial charge in [-0.05, 0) is 70.6 Å². The summed E-state index contributed by atoms with van der Waals surface area (Å²) < 4.78 is 23.9. The number of unbranched alkanes of at least 4 members (excludes halogenated alkanes) is 44. The Morgan fingerprint density at radius 1 is 0.402 bits per heavy atom. The zero-order chi connectivity index (χ0) is 63.4. The molecule has 508 valence electrons. The smallest absolute Gasteiger partial charge is 0.387 e. The maximum Gasteiger partial charge on any atom is 0.472 e. The number of likely N-dealkylation sites (N-methyl/N-ethyl adjacent to an activating group) is 1. The van der Waals surface area contributed by atoms with E-state index in [4.69, 9.17) is 9.05 Å². The van der Waals surface area contributed by atoms with E-state index in [9.17, 15) is 19.4 Å². The van der Waals surface area contributed by atoms with Crippen molar-refractivity contribution in [3.8, 4) is 0 Å². The van der Waals surface area contributed by atoms with Crippen LogP contribution in [0.25, 0.3) is 0 Å². The first-order chi connectivity index (χ1) is 42.5. The molecule has 0 aliphatic rings. The Morgan fingerprint density at radius 2 is 0.690 bits per heavy atom. The Kier molecular flexibility index (Phi) is 66.2. The van der Waals surface area contributed by atoms with Crippen LogP contribution in [-0.2, 0) is 18.4 Å². The molecule has 3 atom stereocenters. The number of phosphoric acid groups is 1. The lowest BCUT2D eigenvalue weighted by molar-refractivity contribution is -0.870. The number of hydrogen-bond acceptors (Lipinski definition) is 5. The van der Waals surface area contributed by atoms with Gasteiger partial charge in [-0.1, -0.05) is 362 Å². The predicted octanol–water partition coefficient (Wildman–Crippen LogP) is 24.3. The first-order valence-electron chi connectivity index (χ1n) is 37.5. The van der Waals surface area contributed by atoms with Crippen molar-refractivity contribution in [2.45, 2.75) is 366 Å². The van der Waals surface area contributed by atoms with Crippen molar-refractivity contribution in [1.82, 2.24) is 5.32 Å². The number of hydrogen-bond donors (Lipinski definition) is 3. The fourth-order valence-electron chi connectivity index (χ4n) is 11.1. The first-order valence-corrected chi connectivity index (χ1v) is 39.0. The summed E-state index contributed by atoms with van der Waals surface area (Å²) in [4.78, 5) is 23.5. The molecule has 3 unspecified atom stereocenters. The number of rotatable bonds is 69. The maximum absolute atomic E-state index is 13.1. The number of carbonyl (C=O) groups is 1. The van der Waals surface area contributed by atoms with Gasteiger partial charge in [0.1, 0.15) is 13.2 Å². The minimum Gasteiger partial charge on any atom is -0.387 e. The summed E-state index contributed by atoms with van der Waals surface area (Å²) >= 11 is 0. The molecule has 9 heteroatoms. The molecule has 0 spiro atoms. The highest BCUT2D eigenvalue weighted by atomic mass is 31.2. The van der Waals surface area contributed by atoms with Gasteiger partial charge in [-0.25, -0.2) is 4.57 Å². The molecule has 87 heavy (non-hydrogen) atoms. The number of carbonyl (C=O) groups excluding carboxylic acids is 1. The van der Waals surface area contributed by atoms with E-state index >= 15 is 0 Å². The molecule has 0 aromatic heterocycles. The fourth-order valence-corrected chi connectivity index (χ4v) is 11.8. The molecule has 0 saturated carbocycles. The van der Waals surface area contributed by atoms with Crippen molar-refractivity contribution in [3.63, 3.8) is 0 Å². The number of phosphoric ester groups is 1. The minimum atomic E-state index is -4.36. The van der Waals surface area contributed by atoms with E-state index in [-0.39, 0.29) is 19.1 Å². The van der Waals surface area contributed by atoms with Gasteiger partial charge >= 0.3 is 7.82 Å². The summed E-state index contributed by atoms with van der Waals surface area (Å²) in [5.74, 6) is -0.175. The zero-order valence-electron chi connectivity index (χ0n) is 58.3. The van der Waals surface area contributed by atoms with Crippen LogP contribution in [0.4, 0.5) is 0 Å². The standard InChI is InChI=1S/C78H145N2O6P/c1-6-8-10-12-14-16-18-20-22-24-26-28-30-32-34-36-38-40-42-44-46-48-50-52-54-56-58-60-62-64-66-68-70-72-78(82)79-76(75-86-87(83,84)85-74-73-80(3,4)5)77(81)71-69-67-65-63-61-59-57-55-53-51-49-47-45-43-41-39-37-35-33-31-29-27-25-23-21-19-17-15-13-11-9-7-2/h8,10,14,16,20,22,26,28,32,34,38,40,69,71,76-77,81H,6-7,9,11-13,15,17-19,21,23-25,27,29-31,33,35-37,39,41-68,70,72-75H2,1-5H3,(H-,79,82,83,84)/p+1/b10-8-,16-14-,22-20-,28-26-,34-32-,40-38-,71-69+. The summed E-state index contributed by atoms with van der Waals surface area (Å²) in [5, 5.41) is 14.0. The first kappa shape index (κ1) is 84.7. The largest absolute Gasteiger partial charge is 0.472 e. The van der Waals surface area contributed by atoms with E-state index in [1.165, 1.54) is 257 Å². The van der Waals surface area contributed by atoms with Gasteiger partial charge in [0.15, 0.2) is 0 Å². The summed E-state index contributed by atoms with van der Waals surface area (Å²) in [6.07, 6.45) is 97.5. The van der Waals surface area contributed by atoms with Gasteiger partial charge < -0.3 is 19.8 Å². The third-order valence-electron chi connectivity index (χ3n) is 16.9. The van der Waals surface area contributed by atoms with Crippen molar-refractivity contribution >= 4 is 13.7 Å². The van der Waals surface area contributed by atoms with Crippen LogP contribution in [0.15, 0.2) is 85.1 Å². The molecular formula is C78H146N2O6P+. The quantitative estimate of drug-likeness (QED) is 0.0243. The molecule has 8 nitrogen and oxygen atoms in total. The van der Waals surface area contributed by atoms with Crippen molar-refractivity contribution in [1.29, 1.82) is 0 Å². The van der Waals surface area contributed by atoms with Gasteiger partial charge in [0.25, 0.3) is 0 Å². The third-order valence-corrected chi connectivity index (χ3v) is 17.9. The van der Waals surface area contributed by atoms with E-state index in [1.54, 1.807) is 6.08 Å². The monoisotopic (exact) mass is 1240 g/mol. The van der Waals surface area contributed by atoms with Crippen molar-refractivity contribution in [2.24, 2.45) is 0 Å². The normalized spacial score (nSPS) is 14.1. The summed E-state index contributed by atoms with van der Waals surface area (Å²) in [5.41, 5.74) is 0. The van der Waals surface area contributed by atoms with Crippen LogP contribution in [0.5, 0.6) is 0 Å². The van der Waals surface area contributed by atoms with Crippen LogP contribution in [-0.4, -0.2) is 73.4 Å². The number of aliphatic hydroxyl groups is 1. The Labute approximate surface area is 541 Å². The molecule has 0 aliphatic heterocycles. The molecule has 0 aromatic carbocycles. The predicted molar refractivity (Wildman–Crippen MR) is 383 cm³/mol. The number of nitrogens with one attached hydrogen (secondary N) is 1. The summed E-state index contributed by atoms with van der Waals surface area (Å²) in [6.45, 7) is 4.74. The molecule has 0 heterocycles. The second-order valence-corrected chi connectivity index (χ2v) is 28.1. The molecule has 1 amide bonds. The van der Waals surface area contributed by atoms with Crippen molar-refractivity contribution in [2.75, 3.05) is 40.9 Å². The van der Waals surface area contributed by atoms with Crippen molar-refractivity contribution < 1.29 is 32.9 Å². The van der Waals surface area contributed by atoms with E-state index in [0.717, 1.165) is 77.0 Å². The highest BCUT2D eigenvalue weighted by Crippen LogP contribution is 2.43. The third kappa shape index (κ3) is 71.0. The molecule has 0 bridgehead atoms. The Bertz CT molecular complexity index is 1700. The highest BCUT2D eigenvalue weighted by Gasteiger charge is 2.28. The van der Waals surface area contributed by atoms with Gasteiger partial charge in [-0.3, -0.25) is 13.8 Å². The second kappa shape index (κ2) is 68.1. The van der Waals surface area contributed by atoms with Gasteiger partial charge in [0, 0.05) is 6.42 Å². The molecule has 3 N–H and O–H groups in total. The van der Waals surface area contributed by atoms with Crippen LogP contribution in [0, 0.1) is 0 Å². The van der Waals surface area contributed by atoms with Crippen LogP contribution in [0.1, 0.15) is 354 Å². The van der Waals surface area contributed by atoms with Gasteiger partial charge in [-0.2, -0.15) is 0 Å². The van der Waals surface area contributed by atoms with E-state index < -0.39 is 20.0 Å². The van der Waals surface area contributed by atoms with E-state index in [1.807, 2.05) is 27.2 Å². The minimum absolute atomic E-state index is 0.0597. The molecule has 0 rings (SSSR count). The van der Waals surface area contributed by atoms with Crippen LogP contribution >= 0.6 is 7.82 Å². The number of aliphatic hydroxyl groups excluding tert-OH is 1. The Hall–Kier alpha value is -2.32. The average Bonchev–Trinajstić information content (AvgIpc) is 3.71. The van der Waals surface area contributed by atoms with Crippen LogP contribution in [0.2, 0.25) is 0 Å². The van der Waals surface area contributed by atoms with Gasteiger partial charge in [0.05, 0.1) is 39.9 Å². The second-order valence-electron chi connectivity index (χ2n) is 26.6. The highest BCUT2D eigenvalue weighted by molar-refractivity contribution is 7.47. The van der Waals surface area contributed by atoms with Crippen LogP contribution < -0.4 is 5.32 Å². The van der Waals surface area contributed by atoms with Crippen LogP contribution in [0.3, 0.4) is 0 Å². The zero-order valence-corrected chi connectivity index (χ0v) is 59.2. The van der Waals surface area contributed by atoms with E-state index in [0.29, 0.717) is 17.4 Å². The summed E-state index contributed by atoms with van der Waals surface area (Å²) in [7, 11) is 1.58. The fraction of sp³-hybridized carbons (Fsp3) is 0.808. The van der Waals surface area contributed by atoms with Gasteiger partial charge in [0.2, 0.25) is 5.91 Å². The average molecular weight is 1240 g/mol. The van der Waals surface area contributed by atoms with E-state index in [2.05, 4.69) is 92.1 Å². The molecular weight excluding hydrogens is 1090 g/mol. The van der Waals surface area contributed by atoms with Gasteiger partial charge in [-0.15, -0.1) is 0 Å². The number of allylic oxidation sites excluding steroid dienone is 13. The molecule has 0 radical (unpaired) electrons. The molecule has 0 saturated heterocycles. The SMILES string of the molecule is CC/C=C\C/C=C\C/C=C\C/C=C\C/C=C\C/C=C\CCCCCCCCCCCCCCCCC(=O)NC(COP(=O)(O)OCC[N+](C)(C)C)C(O)/C=C/CCCCCCCCCCCCCCCCCCCCCCCCCCCCCCCC. The molecule has 0 aliphatic carbocycles. The number of amides is 1. The Balaban J connectivity index is 4.04. The number of quaternary nitrogens is 1.